The van der Waals surface area contributed by atoms with Gasteiger partial charge >= 0.3 is 0 Å². The molecule has 1 amide bonds. The second kappa shape index (κ2) is 6.13. The fourth-order valence-electron chi connectivity index (χ4n) is 1.79. The maximum absolute atomic E-state index is 12.2. The molecule has 0 aliphatic carbocycles. The van der Waals surface area contributed by atoms with Gasteiger partial charge in [-0.2, -0.15) is 11.3 Å². The SMILES string of the molecule is Cc1nc(N(C)C)sc1C(=O)NCC(C)(O)c1ccsc1. The van der Waals surface area contributed by atoms with Crippen LogP contribution < -0.4 is 10.2 Å². The minimum atomic E-state index is -1.07. The molecule has 21 heavy (non-hydrogen) atoms. The van der Waals surface area contributed by atoms with E-state index >= 15 is 0 Å². The number of nitrogens with one attached hydrogen (secondary N) is 1. The van der Waals surface area contributed by atoms with E-state index in [-0.39, 0.29) is 12.5 Å². The summed E-state index contributed by atoms with van der Waals surface area (Å²) in [5.41, 5.74) is 0.442. The molecule has 1 unspecified atom stereocenters. The molecular weight excluding hydrogens is 306 g/mol. The molecule has 2 N–H and O–H groups in total. The van der Waals surface area contributed by atoms with Gasteiger partial charge < -0.3 is 15.3 Å². The van der Waals surface area contributed by atoms with Gasteiger partial charge in [0.05, 0.1) is 12.2 Å². The Morgan fingerprint density at radius 3 is 2.76 bits per heavy atom. The number of nitrogens with zero attached hydrogens (tertiary/aromatic N) is 2. The van der Waals surface area contributed by atoms with Crippen LogP contribution in [0.1, 0.15) is 27.9 Å². The van der Waals surface area contributed by atoms with Gasteiger partial charge in [0.25, 0.3) is 5.91 Å². The molecule has 0 bridgehead atoms. The maximum atomic E-state index is 12.2. The topological polar surface area (TPSA) is 65.5 Å². The molecule has 0 saturated heterocycles. The van der Waals surface area contributed by atoms with Gasteiger partial charge in [0.1, 0.15) is 10.5 Å². The van der Waals surface area contributed by atoms with Crippen LogP contribution in [0.4, 0.5) is 5.13 Å². The summed E-state index contributed by atoms with van der Waals surface area (Å²) in [6.07, 6.45) is 0. The Morgan fingerprint density at radius 1 is 1.52 bits per heavy atom. The molecule has 0 aromatic carbocycles. The lowest BCUT2D eigenvalue weighted by Gasteiger charge is -2.22. The summed E-state index contributed by atoms with van der Waals surface area (Å²) in [6, 6.07) is 1.86. The normalized spacial score (nSPS) is 13.8. The molecule has 7 heteroatoms. The van der Waals surface area contributed by atoms with Crippen molar-refractivity contribution in [2.24, 2.45) is 0 Å². The number of hydrogen-bond donors (Lipinski definition) is 2. The number of thiazole rings is 1. The lowest BCUT2D eigenvalue weighted by atomic mass is 9.99. The standard InChI is InChI=1S/C14H19N3O2S2/c1-9-11(21-13(16-9)17(3)4)12(18)15-8-14(2,19)10-5-6-20-7-10/h5-7,19H,8H2,1-4H3,(H,15,18). The van der Waals surface area contributed by atoms with Crippen LogP contribution in [0.3, 0.4) is 0 Å². The first kappa shape index (κ1) is 15.9. The molecule has 2 heterocycles. The van der Waals surface area contributed by atoms with E-state index in [1.165, 1.54) is 22.7 Å². The predicted molar refractivity (Wildman–Crippen MR) is 87.4 cm³/mol. The molecule has 5 nitrogen and oxygen atoms in total. The molecular formula is C14H19N3O2S2. The third-order valence-corrected chi connectivity index (χ3v) is 5.12. The van der Waals surface area contributed by atoms with Gasteiger partial charge in [0.15, 0.2) is 5.13 Å². The number of aryl methyl sites for hydroxylation is 1. The van der Waals surface area contributed by atoms with Crippen LogP contribution in [0.2, 0.25) is 0 Å². The van der Waals surface area contributed by atoms with E-state index in [1.54, 1.807) is 6.92 Å². The average Bonchev–Trinajstić information content (AvgIpc) is 3.05. The van der Waals surface area contributed by atoms with Crippen molar-refractivity contribution in [2.45, 2.75) is 19.4 Å². The average molecular weight is 325 g/mol. The highest BCUT2D eigenvalue weighted by atomic mass is 32.1. The van der Waals surface area contributed by atoms with Gasteiger partial charge in [-0.25, -0.2) is 4.98 Å². The van der Waals surface area contributed by atoms with Crippen LogP contribution in [0.25, 0.3) is 0 Å². The third kappa shape index (κ3) is 3.61. The van der Waals surface area contributed by atoms with Crippen molar-refractivity contribution >= 4 is 33.7 Å². The van der Waals surface area contributed by atoms with Crippen LogP contribution >= 0.6 is 22.7 Å². The van der Waals surface area contributed by atoms with Crippen LogP contribution in [0.15, 0.2) is 16.8 Å². The molecule has 2 aromatic rings. The number of rotatable bonds is 5. The predicted octanol–water partition coefficient (Wildman–Crippen LogP) is 2.22. The van der Waals surface area contributed by atoms with Gasteiger partial charge in [0, 0.05) is 14.1 Å². The molecule has 0 fully saturated rings. The number of carbonyl (C=O) groups is 1. The Bertz CT molecular complexity index is 618. The quantitative estimate of drug-likeness (QED) is 0.885. The van der Waals surface area contributed by atoms with E-state index < -0.39 is 5.60 Å². The van der Waals surface area contributed by atoms with Crippen LogP contribution in [-0.2, 0) is 5.60 Å². The Kier molecular flexibility index (Phi) is 4.65. The monoisotopic (exact) mass is 325 g/mol. The van der Waals surface area contributed by atoms with Gasteiger partial charge in [-0.3, -0.25) is 4.79 Å². The number of thiophene rings is 1. The summed E-state index contributed by atoms with van der Waals surface area (Å²) in [4.78, 5) is 19.1. The zero-order valence-corrected chi connectivity index (χ0v) is 14.1. The number of anilines is 1. The summed E-state index contributed by atoms with van der Waals surface area (Å²) >= 11 is 2.87. The van der Waals surface area contributed by atoms with Crippen molar-refractivity contribution in [3.05, 3.63) is 33.0 Å². The number of aromatic nitrogens is 1. The second-order valence-electron chi connectivity index (χ2n) is 5.27. The Morgan fingerprint density at radius 2 is 2.24 bits per heavy atom. The van der Waals surface area contributed by atoms with E-state index in [9.17, 15) is 9.90 Å². The number of amides is 1. The summed E-state index contributed by atoms with van der Waals surface area (Å²) in [5, 5.41) is 17.8. The van der Waals surface area contributed by atoms with Gasteiger partial charge in [0.2, 0.25) is 0 Å². The minimum Gasteiger partial charge on any atom is -0.384 e. The Hall–Kier alpha value is -1.44. The lowest BCUT2D eigenvalue weighted by molar-refractivity contribution is 0.0531. The molecule has 2 aromatic heterocycles. The van der Waals surface area contributed by atoms with Crippen molar-refractivity contribution in [3.8, 4) is 0 Å². The van der Waals surface area contributed by atoms with E-state index in [1.807, 2.05) is 42.7 Å². The first-order valence-electron chi connectivity index (χ1n) is 6.49. The Balaban J connectivity index is 2.05. The molecule has 114 valence electrons. The third-order valence-electron chi connectivity index (χ3n) is 3.11. The molecule has 1 atom stereocenters. The van der Waals surface area contributed by atoms with E-state index in [4.69, 9.17) is 0 Å². The molecule has 0 radical (unpaired) electrons. The highest BCUT2D eigenvalue weighted by Gasteiger charge is 2.25. The van der Waals surface area contributed by atoms with Gasteiger partial charge in [-0.1, -0.05) is 11.3 Å². The zero-order valence-electron chi connectivity index (χ0n) is 12.5. The summed E-state index contributed by atoms with van der Waals surface area (Å²) in [5.74, 6) is -0.200. The summed E-state index contributed by atoms with van der Waals surface area (Å²) in [6.45, 7) is 3.67. The minimum absolute atomic E-state index is 0.164. The summed E-state index contributed by atoms with van der Waals surface area (Å²) in [7, 11) is 3.78. The largest absolute Gasteiger partial charge is 0.384 e. The van der Waals surface area contributed by atoms with Crippen LogP contribution in [0, 0.1) is 6.92 Å². The first-order chi connectivity index (χ1) is 9.81. The lowest BCUT2D eigenvalue weighted by Crippen LogP contribution is -2.38. The van der Waals surface area contributed by atoms with Crippen molar-refractivity contribution < 1.29 is 9.90 Å². The second-order valence-corrected chi connectivity index (χ2v) is 7.03. The van der Waals surface area contributed by atoms with Gasteiger partial charge in [-0.05, 0) is 36.2 Å². The van der Waals surface area contributed by atoms with Crippen molar-refractivity contribution in [1.82, 2.24) is 10.3 Å². The van der Waals surface area contributed by atoms with Crippen molar-refractivity contribution in [3.63, 3.8) is 0 Å². The van der Waals surface area contributed by atoms with Crippen LogP contribution in [-0.4, -0.2) is 36.6 Å². The molecule has 0 aliphatic rings. The number of aliphatic hydroxyl groups is 1. The first-order valence-corrected chi connectivity index (χ1v) is 8.25. The van der Waals surface area contributed by atoms with E-state index in [0.717, 1.165) is 10.7 Å². The number of hydrogen-bond acceptors (Lipinski definition) is 6. The molecule has 0 spiro atoms. The van der Waals surface area contributed by atoms with Crippen LogP contribution in [0.5, 0.6) is 0 Å². The molecule has 2 rings (SSSR count). The molecule has 0 aliphatic heterocycles. The summed E-state index contributed by atoms with van der Waals surface area (Å²) < 4.78 is 0. The van der Waals surface area contributed by atoms with E-state index in [0.29, 0.717) is 10.6 Å². The maximum Gasteiger partial charge on any atom is 0.263 e. The van der Waals surface area contributed by atoms with Crippen molar-refractivity contribution in [2.75, 3.05) is 25.5 Å². The van der Waals surface area contributed by atoms with E-state index in [2.05, 4.69) is 10.3 Å². The number of carbonyl (C=O) groups excluding carboxylic acids is 1. The fraction of sp³-hybridized carbons (Fsp3) is 0.429. The zero-order chi connectivity index (χ0) is 15.6. The molecule has 0 saturated carbocycles. The Labute approximate surface area is 132 Å². The highest BCUT2D eigenvalue weighted by Crippen LogP contribution is 2.25. The van der Waals surface area contributed by atoms with Crippen molar-refractivity contribution in [1.29, 1.82) is 0 Å². The smallest absolute Gasteiger partial charge is 0.263 e. The van der Waals surface area contributed by atoms with Gasteiger partial charge in [-0.15, -0.1) is 0 Å². The fourth-order valence-corrected chi connectivity index (χ4v) is 3.48. The highest BCUT2D eigenvalue weighted by molar-refractivity contribution is 7.17.